The molecule has 0 radical (unpaired) electrons. The molecule has 0 bridgehead atoms. The number of amidine groups is 1. The van der Waals surface area contributed by atoms with Gasteiger partial charge >= 0.3 is 0 Å². The lowest BCUT2D eigenvalue weighted by Gasteiger charge is -2.15. The van der Waals surface area contributed by atoms with Gasteiger partial charge in [-0.2, -0.15) is 5.10 Å². The van der Waals surface area contributed by atoms with Crippen molar-refractivity contribution in [2.45, 2.75) is 31.4 Å². The van der Waals surface area contributed by atoms with Crippen LogP contribution in [-0.4, -0.2) is 45.3 Å². The van der Waals surface area contributed by atoms with Crippen LogP contribution in [0, 0.1) is 0 Å². The van der Waals surface area contributed by atoms with Gasteiger partial charge in [0.05, 0.1) is 18.5 Å². The number of rotatable bonds is 8. The lowest BCUT2D eigenvalue weighted by Crippen LogP contribution is -2.31. The molecule has 168 valence electrons. The van der Waals surface area contributed by atoms with Gasteiger partial charge in [0.25, 0.3) is 0 Å². The van der Waals surface area contributed by atoms with Gasteiger partial charge in [-0.25, -0.2) is 4.90 Å². The van der Waals surface area contributed by atoms with Crippen LogP contribution in [0.1, 0.15) is 31.7 Å². The molecule has 10 heteroatoms. The molecule has 1 unspecified atom stereocenters. The lowest BCUT2D eigenvalue weighted by molar-refractivity contribution is -0.121. The highest BCUT2D eigenvalue weighted by atomic mass is 32.2. The summed E-state index contributed by atoms with van der Waals surface area (Å²) in [5.74, 6) is -0.527. The molecule has 1 aliphatic heterocycles. The second-order valence-corrected chi connectivity index (χ2v) is 8.23. The first kappa shape index (κ1) is 23.1. The Morgan fingerprint density at radius 1 is 1.22 bits per heavy atom. The third kappa shape index (κ3) is 5.79. The van der Waals surface area contributed by atoms with Crippen LogP contribution in [0.15, 0.2) is 52.7 Å². The van der Waals surface area contributed by atoms with Gasteiger partial charge in [0, 0.05) is 6.42 Å². The molecule has 0 saturated carbocycles. The van der Waals surface area contributed by atoms with E-state index in [0.717, 1.165) is 29.5 Å². The fourth-order valence-corrected chi connectivity index (χ4v) is 3.75. The third-order valence-corrected chi connectivity index (χ3v) is 5.57. The molecule has 2 amide bonds. The first-order valence-electron chi connectivity index (χ1n) is 10.0. The summed E-state index contributed by atoms with van der Waals surface area (Å²) >= 11 is 0.963. The predicted octanol–water partition coefficient (Wildman–Crippen LogP) is 2.99. The molecule has 1 heterocycles. The molecular weight excluding hydrogens is 432 g/mol. The molecule has 2 aromatic rings. The summed E-state index contributed by atoms with van der Waals surface area (Å²) in [5, 5.41) is 25.8. The average molecular weight is 457 g/mol. The lowest BCUT2D eigenvalue weighted by atomic mass is 10.2. The van der Waals surface area contributed by atoms with E-state index in [4.69, 9.17) is 10.5 Å². The van der Waals surface area contributed by atoms with Crippen molar-refractivity contribution in [1.29, 1.82) is 0 Å². The Balaban J connectivity index is 1.60. The van der Waals surface area contributed by atoms with Crippen LogP contribution < -0.4 is 15.4 Å². The number of carbonyl (C=O) groups excluding carboxylic acids is 2. The van der Waals surface area contributed by atoms with Crippen molar-refractivity contribution in [3.05, 3.63) is 48.0 Å². The number of nitrogens with two attached hydrogens (primary N) is 1. The molecule has 1 saturated heterocycles. The number of benzene rings is 2. The molecule has 1 fully saturated rings. The summed E-state index contributed by atoms with van der Waals surface area (Å²) in [7, 11) is 0. The van der Waals surface area contributed by atoms with E-state index in [1.807, 2.05) is 0 Å². The largest absolute Gasteiger partial charge is 0.504 e. The summed E-state index contributed by atoms with van der Waals surface area (Å²) in [5.41, 5.74) is 6.83. The van der Waals surface area contributed by atoms with Crippen molar-refractivity contribution in [3.63, 3.8) is 0 Å². The Bertz CT molecular complexity index is 1040. The van der Waals surface area contributed by atoms with Gasteiger partial charge in [-0.15, -0.1) is 5.10 Å². The van der Waals surface area contributed by atoms with Gasteiger partial charge in [-0.3, -0.25) is 9.59 Å². The van der Waals surface area contributed by atoms with Crippen LogP contribution in [0.2, 0.25) is 0 Å². The SMILES string of the molecule is CCCCOc1ccc(N2C(=O)CC(S/C(N)=N\N=C\c3ccc(O)c(O)c3)C2=O)cc1. The topological polar surface area (TPSA) is 138 Å². The molecule has 0 aliphatic carbocycles. The van der Waals surface area contributed by atoms with Crippen LogP contribution in [0.5, 0.6) is 17.2 Å². The number of aromatic hydroxyl groups is 2. The first-order valence-corrected chi connectivity index (χ1v) is 10.9. The van der Waals surface area contributed by atoms with E-state index in [1.54, 1.807) is 24.3 Å². The number of hydrogen-bond donors (Lipinski definition) is 3. The average Bonchev–Trinajstić information content (AvgIpc) is 3.04. The van der Waals surface area contributed by atoms with Crippen molar-refractivity contribution in [2.24, 2.45) is 15.9 Å². The Labute approximate surface area is 189 Å². The van der Waals surface area contributed by atoms with Crippen molar-refractivity contribution >= 4 is 40.6 Å². The van der Waals surface area contributed by atoms with E-state index in [9.17, 15) is 19.8 Å². The smallest absolute Gasteiger partial charge is 0.247 e. The van der Waals surface area contributed by atoms with E-state index in [0.29, 0.717) is 23.6 Å². The highest BCUT2D eigenvalue weighted by Crippen LogP contribution is 2.31. The molecule has 4 N–H and O–H groups in total. The number of ether oxygens (including phenoxy) is 1. The Hall–Kier alpha value is -3.53. The van der Waals surface area contributed by atoms with Gasteiger partial charge < -0.3 is 20.7 Å². The van der Waals surface area contributed by atoms with Crippen molar-refractivity contribution in [3.8, 4) is 17.2 Å². The van der Waals surface area contributed by atoms with E-state index < -0.39 is 5.25 Å². The standard InChI is InChI=1S/C22H24N4O5S/c1-2-3-10-31-16-7-5-15(6-8-16)26-20(29)12-19(21(26)30)32-22(23)25-24-13-14-4-9-17(27)18(28)11-14/h4-9,11,13,19,27-28H,2-3,10,12H2,1H3,(H2,23,25)/b24-13+. The zero-order valence-corrected chi connectivity index (χ0v) is 18.3. The maximum Gasteiger partial charge on any atom is 0.247 e. The number of unbranched alkanes of at least 4 members (excludes halogenated alkanes) is 1. The fourth-order valence-electron chi connectivity index (χ4n) is 2.94. The van der Waals surface area contributed by atoms with Gasteiger partial charge in [-0.05, 0) is 54.4 Å². The number of nitrogens with zero attached hydrogens (tertiary/aromatic N) is 3. The normalized spacial score (nSPS) is 16.8. The molecule has 1 atom stereocenters. The molecule has 2 aromatic carbocycles. The quantitative estimate of drug-likeness (QED) is 0.139. The molecule has 1 aliphatic rings. The number of carbonyl (C=O) groups is 2. The van der Waals surface area contributed by atoms with Crippen LogP contribution in [-0.2, 0) is 9.59 Å². The zero-order valence-electron chi connectivity index (χ0n) is 17.5. The Morgan fingerprint density at radius 3 is 2.66 bits per heavy atom. The molecule has 0 aromatic heterocycles. The number of hydrogen-bond acceptors (Lipinski definition) is 8. The van der Waals surface area contributed by atoms with Crippen LogP contribution in [0.25, 0.3) is 0 Å². The minimum Gasteiger partial charge on any atom is -0.504 e. The summed E-state index contributed by atoms with van der Waals surface area (Å²) < 4.78 is 5.61. The van der Waals surface area contributed by atoms with Crippen molar-refractivity contribution in [2.75, 3.05) is 11.5 Å². The van der Waals surface area contributed by atoms with Crippen LogP contribution in [0.4, 0.5) is 5.69 Å². The summed E-state index contributed by atoms with van der Waals surface area (Å²) in [6.07, 6.45) is 3.33. The maximum atomic E-state index is 12.8. The van der Waals surface area contributed by atoms with Gasteiger partial charge in [-0.1, -0.05) is 25.1 Å². The number of phenolic OH excluding ortho intramolecular Hbond substituents is 2. The summed E-state index contributed by atoms with van der Waals surface area (Å²) in [4.78, 5) is 26.3. The minimum absolute atomic E-state index is 0.00399. The third-order valence-electron chi connectivity index (χ3n) is 4.59. The second-order valence-electron chi connectivity index (χ2n) is 7.00. The number of amides is 2. The first-order chi connectivity index (χ1) is 15.4. The summed E-state index contributed by atoms with van der Waals surface area (Å²) in [6, 6.07) is 11.0. The highest BCUT2D eigenvalue weighted by Gasteiger charge is 2.40. The maximum absolute atomic E-state index is 12.8. The van der Waals surface area contributed by atoms with Crippen LogP contribution >= 0.6 is 11.8 Å². The predicted molar refractivity (Wildman–Crippen MR) is 124 cm³/mol. The number of imide groups is 1. The zero-order chi connectivity index (χ0) is 23.1. The van der Waals surface area contributed by atoms with Crippen molar-refractivity contribution in [1.82, 2.24) is 0 Å². The van der Waals surface area contributed by atoms with E-state index in [-0.39, 0.29) is 34.9 Å². The van der Waals surface area contributed by atoms with E-state index >= 15 is 0 Å². The monoisotopic (exact) mass is 456 g/mol. The van der Waals surface area contributed by atoms with Gasteiger partial charge in [0.2, 0.25) is 11.8 Å². The molecule has 32 heavy (non-hydrogen) atoms. The van der Waals surface area contributed by atoms with Crippen LogP contribution in [0.3, 0.4) is 0 Å². The minimum atomic E-state index is -0.695. The van der Waals surface area contributed by atoms with E-state index in [1.165, 1.54) is 24.4 Å². The van der Waals surface area contributed by atoms with Gasteiger partial charge in [0.1, 0.15) is 11.0 Å². The Morgan fingerprint density at radius 2 is 1.97 bits per heavy atom. The number of anilines is 1. The molecular formula is C22H24N4O5S. The number of phenols is 2. The summed E-state index contributed by atoms with van der Waals surface area (Å²) in [6.45, 7) is 2.70. The van der Waals surface area contributed by atoms with E-state index in [2.05, 4.69) is 17.1 Å². The van der Waals surface area contributed by atoms with Gasteiger partial charge in [0.15, 0.2) is 16.7 Å². The highest BCUT2D eigenvalue weighted by molar-refractivity contribution is 8.14. The number of thioether (sulfide) groups is 1. The Kier molecular flexibility index (Phi) is 7.72. The van der Waals surface area contributed by atoms with Crippen molar-refractivity contribution < 1.29 is 24.5 Å². The fraction of sp³-hybridized carbons (Fsp3) is 0.273. The molecule has 3 rings (SSSR count). The molecule has 0 spiro atoms. The second kappa shape index (κ2) is 10.7. The molecule has 9 nitrogen and oxygen atoms in total.